The Labute approximate surface area is 128 Å². The number of amides is 3. The number of aryl methyl sites for hydroxylation is 1. The zero-order valence-electron chi connectivity index (χ0n) is 12.1. The summed E-state index contributed by atoms with van der Waals surface area (Å²) in [7, 11) is 0. The van der Waals surface area contributed by atoms with Gasteiger partial charge in [0.05, 0.1) is 12.3 Å². The van der Waals surface area contributed by atoms with Gasteiger partial charge in [-0.15, -0.1) is 0 Å². The number of nitrogens with one attached hydrogen (secondary N) is 1. The van der Waals surface area contributed by atoms with Crippen LogP contribution in [-0.4, -0.2) is 36.0 Å². The number of benzene rings is 1. The van der Waals surface area contributed by atoms with Crippen molar-refractivity contribution in [2.45, 2.75) is 19.3 Å². The fourth-order valence-electron chi connectivity index (χ4n) is 2.20. The second-order valence-corrected chi connectivity index (χ2v) is 4.94. The minimum atomic E-state index is -0.335. The van der Waals surface area contributed by atoms with Crippen LogP contribution in [0.1, 0.15) is 18.4 Å². The molecule has 0 radical (unpaired) electrons. The number of carbonyl (C=O) groups is 3. The molecule has 2 N–H and O–H groups in total. The molecule has 0 aliphatic carbocycles. The van der Waals surface area contributed by atoms with Crippen LogP contribution in [0.5, 0.6) is 0 Å². The summed E-state index contributed by atoms with van der Waals surface area (Å²) in [5.41, 5.74) is 1.58. The molecule has 2 rings (SSSR count). The van der Waals surface area contributed by atoms with Gasteiger partial charge in [0, 0.05) is 25.1 Å². The smallest absolute Gasteiger partial charge is 0.258 e. The molecule has 0 atom stereocenters. The highest BCUT2D eigenvalue weighted by Crippen LogP contribution is 2.20. The zero-order valence-corrected chi connectivity index (χ0v) is 12.1. The molecule has 1 aliphatic heterocycles. The van der Waals surface area contributed by atoms with Gasteiger partial charge in [-0.3, -0.25) is 14.4 Å². The molecule has 1 aromatic carbocycles. The Balaban J connectivity index is 1.84. The third kappa shape index (κ3) is 4.02. The fraction of sp³-hybridized carbons (Fsp3) is 0.312. The van der Waals surface area contributed by atoms with Crippen LogP contribution >= 0.6 is 0 Å². The van der Waals surface area contributed by atoms with E-state index >= 15 is 0 Å². The average molecular weight is 302 g/mol. The molecule has 1 aliphatic rings. The first-order valence-electron chi connectivity index (χ1n) is 7.14. The van der Waals surface area contributed by atoms with Crippen LogP contribution in [0.15, 0.2) is 36.4 Å². The van der Waals surface area contributed by atoms with Crippen LogP contribution in [0, 0.1) is 0 Å². The Morgan fingerprint density at radius 2 is 1.73 bits per heavy atom. The van der Waals surface area contributed by atoms with Crippen molar-refractivity contribution in [1.29, 1.82) is 0 Å². The Morgan fingerprint density at radius 1 is 1.09 bits per heavy atom. The molecule has 1 aromatic rings. The second-order valence-electron chi connectivity index (χ2n) is 4.94. The topological polar surface area (TPSA) is 86.7 Å². The van der Waals surface area contributed by atoms with E-state index in [2.05, 4.69) is 5.32 Å². The summed E-state index contributed by atoms with van der Waals surface area (Å²) in [6.07, 6.45) is 4.32. The molecule has 0 aromatic heterocycles. The Hall–Kier alpha value is -2.47. The highest BCUT2D eigenvalue weighted by Gasteiger charge is 2.24. The largest absolute Gasteiger partial charge is 0.395 e. The number of rotatable bonds is 7. The van der Waals surface area contributed by atoms with Gasteiger partial charge in [-0.1, -0.05) is 12.1 Å². The lowest BCUT2D eigenvalue weighted by molar-refractivity contribution is -0.122. The first-order valence-corrected chi connectivity index (χ1v) is 7.14. The lowest BCUT2D eigenvalue weighted by atomic mass is 10.1. The quantitative estimate of drug-likeness (QED) is 0.720. The van der Waals surface area contributed by atoms with Crippen molar-refractivity contribution in [1.82, 2.24) is 5.32 Å². The van der Waals surface area contributed by atoms with Gasteiger partial charge in [0.2, 0.25) is 5.91 Å². The number of aliphatic hydroxyl groups is 1. The van der Waals surface area contributed by atoms with Crippen molar-refractivity contribution in [3.05, 3.63) is 42.0 Å². The number of aliphatic hydroxyl groups excluding tert-OH is 1. The molecule has 0 bridgehead atoms. The normalized spacial score (nSPS) is 13.8. The maximum absolute atomic E-state index is 11.6. The van der Waals surface area contributed by atoms with Gasteiger partial charge < -0.3 is 10.4 Å². The molecule has 22 heavy (non-hydrogen) atoms. The molecule has 6 heteroatoms. The number of nitrogens with zero attached hydrogens (tertiary/aromatic N) is 1. The summed E-state index contributed by atoms with van der Waals surface area (Å²) < 4.78 is 0. The molecule has 0 spiro atoms. The number of hydrogen-bond acceptors (Lipinski definition) is 4. The first-order chi connectivity index (χ1) is 10.6. The summed E-state index contributed by atoms with van der Waals surface area (Å²) in [6.45, 7) is 0.218. The van der Waals surface area contributed by atoms with Gasteiger partial charge in [-0.05, 0) is 30.5 Å². The van der Waals surface area contributed by atoms with E-state index in [1.807, 2.05) is 12.1 Å². The van der Waals surface area contributed by atoms with Crippen molar-refractivity contribution in [2.24, 2.45) is 0 Å². The number of imide groups is 1. The molecular formula is C16H18N2O4. The van der Waals surface area contributed by atoms with Crippen molar-refractivity contribution in [3.8, 4) is 0 Å². The molecule has 1 heterocycles. The molecule has 116 valence electrons. The summed E-state index contributed by atoms with van der Waals surface area (Å²) >= 11 is 0. The molecular weight excluding hydrogens is 284 g/mol. The van der Waals surface area contributed by atoms with Crippen molar-refractivity contribution in [3.63, 3.8) is 0 Å². The van der Waals surface area contributed by atoms with E-state index in [-0.39, 0.29) is 30.9 Å². The minimum Gasteiger partial charge on any atom is -0.395 e. The highest BCUT2D eigenvalue weighted by atomic mass is 16.3. The van der Waals surface area contributed by atoms with Gasteiger partial charge in [0.1, 0.15) is 0 Å². The fourth-order valence-corrected chi connectivity index (χ4v) is 2.20. The van der Waals surface area contributed by atoms with Crippen molar-refractivity contribution >= 4 is 23.4 Å². The SMILES string of the molecule is O=C(CCCc1ccc(N2C(=O)C=CC2=O)cc1)NCCO. The number of hydrogen-bond donors (Lipinski definition) is 2. The summed E-state index contributed by atoms with van der Waals surface area (Å²) in [5.74, 6) is -0.749. The minimum absolute atomic E-state index is 0.0595. The highest BCUT2D eigenvalue weighted by molar-refractivity contribution is 6.28. The summed E-state index contributed by atoms with van der Waals surface area (Å²) in [4.78, 5) is 35.6. The molecule has 0 unspecified atom stereocenters. The van der Waals surface area contributed by atoms with Crippen LogP contribution in [0.2, 0.25) is 0 Å². The second kappa shape index (κ2) is 7.51. The van der Waals surface area contributed by atoms with E-state index in [0.717, 1.165) is 16.9 Å². The summed E-state index contributed by atoms with van der Waals surface area (Å²) in [5, 5.41) is 11.2. The van der Waals surface area contributed by atoms with Gasteiger partial charge in [0.25, 0.3) is 11.8 Å². The van der Waals surface area contributed by atoms with Gasteiger partial charge in [-0.25, -0.2) is 4.90 Å². The maximum Gasteiger partial charge on any atom is 0.258 e. The van der Waals surface area contributed by atoms with Gasteiger partial charge in [-0.2, -0.15) is 0 Å². The third-order valence-electron chi connectivity index (χ3n) is 3.31. The maximum atomic E-state index is 11.6. The standard InChI is InChI=1S/C16H18N2O4/c19-11-10-17-14(20)3-1-2-12-4-6-13(7-5-12)18-15(21)8-9-16(18)22/h4-9,19H,1-3,10-11H2,(H,17,20). The molecule has 0 fully saturated rings. The third-order valence-corrected chi connectivity index (χ3v) is 3.31. The molecule has 0 saturated carbocycles. The number of anilines is 1. The summed E-state index contributed by atoms with van der Waals surface area (Å²) in [6, 6.07) is 7.15. The van der Waals surface area contributed by atoms with E-state index in [1.165, 1.54) is 12.2 Å². The van der Waals surface area contributed by atoms with Crippen molar-refractivity contribution in [2.75, 3.05) is 18.1 Å². The molecule has 6 nitrogen and oxygen atoms in total. The average Bonchev–Trinajstić information content (AvgIpc) is 2.85. The Kier molecular flexibility index (Phi) is 5.43. The van der Waals surface area contributed by atoms with Crippen LogP contribution in [0.3, 0.4) is 0 Å². The van der Waals surface area contributed by atoms with Crippen LogP contribution in [-0.2, 0) is 20.8 Å². The van der Waals surface area contributed by atoms with E-state index in [9.17, 15) is 14.4 Å². The predicted molar refractivity (Wildman–Crippen MR) is 81.1 cm³/mol. The Morgan fingerprint density at radius 3 is 2.32 bits per heavy atom. The zero-order chi connectivity index (χ0) is 15.9. The van der Waals surface area contributed by atoms with Gasteiger partial charge >= 0.3 is 0 Å². The Bertz CT molecular complexity index is 575. The van der Waals surface area contributed by atoms with Crippen LogP contribution in [0.4, 0.5) is 5.69 Å². The van der Waals surface area contributed by atoms with Crippen LogP contribution < -0.4 is 10.2 Å². The van der Waals surface area contributed by atoms with Crippen LogP contribution in [0.25, 0.3) is 0 Å². The van der Waals surface area contributed by atoms with E-state index in [4.69, 9.17) is 5.11 Å². The van der Waals surface area contributed by atoms with Crippen molar-refractivity contribution < 1.29 is 19.5 Å². The lowest BCUT2D eigenvalue weighted by Crippen LogP contribution is -2.29. The van der Waals surface area contributed by atoms with Gasteiger partial charge in [0.15, 0.2) is 0 Å². The molecule has 3 amide bonds. The lowest BCUT2D eigenvalue weighted by Gasteiger charge is -2.14. The van der Waals surface area contributed by atoms with E-state index in [1.54, 1.807) is 12.1 Å². The van der Waals surface area contributed by atoms with E-state index < -0.39 is 0 Å². The number of carbonyl (C=O) groups excluding carboxylic acids is 3. The predicted octanol–water partition coefficient (Wildman–Crippen LogP) is 0.547. The van der Waals surface area contributed by atoms with E-state index in [0.29, 0.717) is 18.5 Å². The first kappa shape index (κ1) is 15.9. The molecule has 0 saturated heterocycles. The monoisotopic (exact) mass is 302 g/mol.